The van der Waals surface area contributed by atoms with Crippen LogP contribution in [-0.2, 0) is 10.1 Å². The predicted molar refractivity (Wildman–Crippen MR) is 168 cm³/mol. The SMILES string of the molecule is CCCN(CC)c1oc2c(C(C)Nc3ccc(Cl)nc3-c3cc(F)c(OS(=O)(=O)C(F)(F)F)c(C=O)c3)cc(C)cc2c(=O)c1C. The molecule has 0 fully saturated rings. The first-order valence-electron chi connectivity index (χ1n) is 14.1. The van der Waals surface area contributed by atoms with Crippen LogP contribution in [0.3, 0.4) is 0 Å². The lowest BCUT2D eigenvalue weighted by Crippen LogP contribution is -2.28. The average molecular weight is 684 g/mol. The summed E-state index contributed by atoms with van der Waals surface area (Å²) in [5, 5.41) is 3.59. The first kappa shape index (κ1) is 34.7. The minimum Gasteiger partial charge on any atom is -0.440 e. The number of aldehydes is 1. The van der Waals surface area contributed by atoms with Gasteiger partial charge in [0.25, 0.3) is 0 Å². The van der Waals surface area contributed by atoms with E-state index in [-0.39, 0.29) is 33.8 Å². The van der Waals surface area contributed by atoms with E-state index < -0.39 is 38.8 Å². The first-order valence-corrected chi connectivity index (χ1v) is 15.9. The smallest absolute Gasteiger partial charge is 0.440 e. The number of halogens is 5. The molecule has 0 spiro atoms. The molecule has 0 aliphatic rings. The summed E-state index contributed by atoms with van der Waals surface area (Å²) in [6.07, 6.45) is 0.782. The zero-order chi connectivity index (χ0) is 34.1. The Bertz CT molecular complexity index is 1980. The maximum Gasteiger partial charge on any atom is 0.534 e. The molecule has 2 heterocycles. The number of hydrogen-bond donors (Lipinski definition) is 1. The molecule has 0 aliphatic heterocycles. The summed E-state index contributed by atoms with van der Waals surface area (Å²) in [7, 11) is -6.27. The van der Waals surface area contributed by atoms with E-state index in [1.165, 1.54) is 12.1 Å². The Morgan fingerprint density at radius 2 is 1.85 bits per heavy atom. The number of nitrogens with zero attached hydrogens (tertiary/aromatic N) is 2. The maximum absolute atomic E-state index is 15.1. The highest BCUT2D eigenvalue weighted by Crippen LogP contribution is 2.38. The lowest BCUT2D eigenvalue weighted by molar-refractivity contribution is -0.0501. The van der Waals surface area contributed by atoms with Gasteiger partial charge in [0.2, 0.25) is 5.88 Å². The van der Waals surface area contributed by atoms with Crippen molar-refractivity contribution in [3.63, 3.8) is 0 Å². The summed E-state index contributed by atoms with van der Waals surface area (Å²) in [5.41, 5.74) is -4.49. The minimum atomic E-state index is -6.27. The van der Waals surface area contributed by atoms with E-state index in [9.17, 15) is 31.2 Å². The molecule has 4 rings (SSSR count). The molecule has 1 atom stereocenters. The van der Waals surface area contributed by atoms with Gasteiger partial charge in [-0.15, -0.1) is 0 Å². The Balaban J connectivity index is 1.83. The number of hydrogen-bond acceptors (Lipinski definition) is 9. The quantitative estimate of drug-likeness (QED) is 0.0557. The van der Waals surface area contributed by atoms with Crippen molar-refractivity contribution < 1.29 is 39.4 Å². The summed E-state index contributed by atoms with van der Waals surface area (Å²) in [6, 6.07) is 7.57. The van der Waals surface area contributed by atoms with Gasteiger partial charge in [-0.3, -0.25) is 9.59 Å². The summed E-state index contributed by atoms with van der Waals surface area (Å²) < 4.78 is 87.1. The topological polar surface area (TPSA) is 119 Å². The monoisotopic (exact) mass is 683 g/mol. The van der Waals surface area contributed by atoms with Gasteiger partial charge < -0.3 is 18.8 Å². The predicted octanol–water partition coefficient (Wildman–Crippen LogP) is 7.71. The summed E-state index contributed by atoms with van der Waals surface area (Å²) in [6.45, 7) is 10.6. The number of carbonyl (C=O) groups is 1. The van der Waals surface area contributed by atoms with Gasteiger partial charge in [0.1, 0.15) is 10.7 Å². The molecule has 0 saturated carbocycles. The molecule has 0 amide bonds. The van der Waals surface area contributed by atoms with E-state index in [2.05, 4.69) is 14.5 Å². The van der Waals surface area contributed by atoms with Crippen LogP contribution in [0.1, 0.15) is 60.3 Å². The van der Waals surface area contributed by atoms with Crippen molar-refractivity contribution in [1.82, 2.24) is 4.98 Å². The summed E-state index contributed by atoms with van der Waals surface area (Å²) in [5.74, 6) is -2.52. The van der Waals surface area contributed by atoms with Crippen LogP contribution in [0.4, 0.5) is 29.1 Å². The molecule has 0 aliphatic carbocycles. The number of aryl methyl sites for hydroxylation is 1. The molecule has 1 unspecified atom stereocenters. The highest BCUT2D eigenvalue weighted by Gasteiger charge is 2.49. The van der Waals surface area contributed by atoms with Crippen LogP contribution in [0.25, 0.3) is 22.2 Å². The van der Waals surface area contributed by atoms with Gasteiger partial charge in [-0.05, 0) is 70.0 Å². The van der Waals surface area contributed by atoms with E-state index in [1.807, 2.05) is 31.7 Å². The van der Waals surface area contributed by atoms with Crippen molar-refractivity contribution in [3.05, 3.63) is 79.8 Å². The average Bonchev–Trinajstić information content (AvgIpc) is 2.98. The molecule has 2 aromatic heterocycles. The van der Waals surface area contributed by atoms with Crippen LogP contribution in [0, 0.1) is 19.7 Å². The van der Waals surface area contributed by atoms with Crippen molar-refractivity contribution in [2.24, 2.45) is 0 Å². The minimum absolute atomic E-state index is 0.0124. The van der Waals surface area contributed by atoms with Crippen LogP contribution in [0.2, 0.25) is 5.15 Å². The van der Waals surface area contributed by atoms with Crippen LogP contribution in [0.15, 0.2) is 45.6 Å². The van der Waals surface area contributed by atoms with E-state index in [0.29, 0.717) is 47.1 Å². The Kier molecular flexibility index (Phi) is 10.0. The number of fused-ring (bicyclic) bond motifs is 1. The van der Waals surface area contributed by atoms with E-state index in [4.69, 9.17) is 16.0 Å². The Morgan fingerprint density at radius 1 is 1.15 bits per heavy atom. The maximum atomic E-state index is 15.1. The van der Waals surface area contributed by atoms with Crippen LogP contribution < -0.4 is 19.8 Å². The fourth-order valence-electron chi connectivity index (χ4n) is 5.02. The summed E-state index contributed by atoms with van der Waals surface area (Å²) in [4.78, 5) is 31.4. The van der Waals surface area contributed by atoms with Gasteiger partial charge in [0, 0.05) is 24.2 Å². The Labute approximate surface area is 267 Å². The molecule has 1 N–H and O–H groups in total. The third kappa shape index (κ3) is 6.82. The van der Waals surface area contributed by atoms with Crippen molar-refractivity contribution in [1.29, 1.82) is 0 Å². The van der Waals surface area contributed by atoms with E-state index in [0.717, 1.165) is 18.1 Å². The van der Waals surface area contributed by atoms with Gasteiger partial charge in [-0.25, -0.2) is 9.37 Å². The molecular weight excluding hydrogens is 654 g/mol. The van der Waals surface area contributed by atoms with E-state index >= 15 is 4.39 Å². The number of rotatable bonds is 11. The summed E-state index contributed by atoms with van der Waals surface area (Å²) >= 11 is 6.13. The van der Waals surface area contributed by atoms with Crippen LogP contribution in [0.5, 0.6) is 5.75 Å². The second kappa shape index (κ2) is 13.3. The highest BCUT2D eigenvalue weighted by molar-refractivity contribution is 7.88. The van der Waals surface area contributed by atoms with Crippen LogP contribution >= 0.6 is 11.6 Å². The third-order valence-corrected chi connectivity index (χ3v) is 8.34. The van der Waals surface area contributed by atoms with Crippen molar-refractivity contribution in [2.75, 3.05) is 23.3 Å². The number of aromatic nitrogens is 1. The molecule has 46 heavy (non-hydrogen) atoms. The lowest BCUT2D eigenvalue weighted by Gasteiger charge is -2.24. The fourth-order valence-corrected chi connectivity index (χ4v) is 5.66. The number of anilines is 2. The van der Waals surface area contributed by atoms with Crippen molar-refractivity contribution in [3.8, 4) is 17.0 Å². The van der Waals surface area contributed by atoms with Crippen molar-refractivity contribution in [2.45, 2.75) is 52.6 Å². The zero-order valence-corrected chi connectivity index (χ0v) is 27.0. The van der Waals surface area contributed by atoms with Crippen LogP contribution in [-0.4, -0.2) is 38.3 Å². The van der Waals surface area contributed by atoms with Gasteiger partial charge in [0.05, 0.1) is 33.9 Å². The third-order valence-electron chi connectivity index (χ3n) is 7.18. The number of pyridine rings is 1. The Hall–Kier alpha value is -4.17. The van der Waals surface area contributed by atoms with Gasteiger partial charge in [-0.1, -0.05) is 24.6 Å². The molecule has 4 aromatic rings. The lowest BCUT2D eigenvalue weighted by atomic mass is 9.99. The second-order valence-electron chi connectivity index (χ2n) is 10.5. The molecule has 0 saturated heterocycles. The highest BCUT2D eigenvalue weighted by atomic mass is 35.5. The second-order valence-corrected chi connectivity index (χ2v) is 12.5. The van der Waals surface area contributed by atoms with Gasteiger partial charge in [-0.2, -0.15) is 21.6 Å². The number of carbonyl (C=O) groups excluding carboxylic acids is 1. The van der Waals surface area contributed by atoms with Gasteiger partial charge >= 0.3 is 15.6 Å². The first-order chi connectivity index (χ1) is 21.5. The molecular formula is C31H30ClF4N3O6S. The Morgan fingerprint density at radius 3 is 2.46 bits per heavy atom. The van der Waals surface area contributed by atoms with E-state index in [1.54, 1.807) is 19.9 Å². The molecule has 15 heteroatoms. The fraction of sp³-hybridized carbons (Fsp3) is 0.323. The molecule has 2 aromatic carbocycles. The van der Waals surface area contributed by atoms with Gasteiger partial charge in [0.15, 0.2) is 23.3 Å². The number of benzene rings is 2. The number of alkyl halides is 3. The molecule has 246 valence electrons. The molecule has 0 bridgehead atoms. The standard InChI is InChI=1S/C31H30ClF4N3O6S/c1-6-10-39(7-2)30-17(4)27(41)22-12-16(3)11-21(29(22)44-30)18(5)37-24-8-9-25(32)38-26(24)19-13-20(15-40)28(23(33)14-19)45-46(42,43)31(34,35)36/h8-9,11-15,18,37H,6-7,10H2,1-5H3. The zero-order valence-electron chi connectivity index (χ0n) is 25.4. The largest absolute Gasteiger partial charge is 0.534 e. The number of nitrogens with one attached hydrogen (secondary N) is 1. The molecule has 9 nitrogen and oxygen atoms in total. The normalized spacial score (nSPS) is 12.7. The molecule has 0 radical (unpaired) electrons. The van der Waals surface area contributed by atoms with Crippen molar-refractivity contribution >= 4 is 50.5 Å².